The van der Waals surface area contributed by atoms with Gasteiger partial charge in [0.1, 0.15) is 6.54 Å². The molecular weight excluding hydrogens is 386 g/mol. The Morgan fingerprint density at radius 2 is 1.89 bits per heavy atom. The molecule has 10 heteroatoms. The van der Waals surface area contributed by atoms with E-state index in [9.17, 15) is 13.2 Å². The summed E-state index contributed by atoms with van der Waals surface area (Å²) < 4.78 is 28.3. The molecule has 27 heavy (non-hydrogen) atoms. The Morgan fingerprint density at radius 1 is 1.19 bits per heavy atom. The van der Waals surface area contributed by atoms with Gasteiger partial charge in [-0.3, -0.25) is 4.79 Å². The summed E-state index contributed by atoms with van der Waals surface area (Å²) in [6.07, 6.45) is 0. The lowest BCUT2D eigenvalue weighted by molar-refractivity contribution is -0.917. The van der Waals surface area contributed by atoms with Gasteiger partial charge in [0.15, 0.2) is 5.01 Å². The average Bonchev–Trinajstić information content (AvgIpc) is 3.05. The number of aryl methyl sites for hydroxylation is 1. The van der Waals surface area contributed by atoms with Gasteiger partial charge in [-0.25, -0.2) is 13.4 Å². The highest BCUT2D eigenvalue weighted by Crippen LogP contribution is 2.15. The molecule has 1 N–H and O–H groups in total. The molecule has 3 heterocycles. The van der Waals surface area contributed by atoms with E-state index in [0.29, 0.717) is 48.3 Å². The largest absolute Gasteiger partial charge is 0.327 e. The van der Waals surface area contributed by atoms with Gasteiger partial charge >= 0.3 is 0 Å². The van der Waals surface area contributed by atoms with Crippen molar-refractivity contribution in [2.45, 2.75) is 18.4 Å². The number of aromatic nitrogens is 3. The summed E-state index contributed by atoms with van der Waals surface area (Å²) in [7, 11) is -3.44. The minimum absolute atomic E-state index is 0.172. The van der Waals surface area contributed by atoms with Crippen LogP contribution in [0.2, 0.25) is 0 Å². The van der Waals surface area contributed by atoms with Crippen LogP contribution < -0.4 is 10.5 Å². The molecule has 0 unspecified atom stereocenters. The van der Waals surface area contributed by atoms with Crippen molar-refractivity contribution in [1.29, 1.82) is 0 Å². The first-order valence-corrected chi connectivity index (χ1v) is 10.9. The Morgan fingerprint density at radius 3 is 2.59 bits per heavy atom. The fraction of sp³-hybridized carbons (Fsp3) is 0.353. The maximum Gasteiger partial charge on any atom is 0.275 e. The predicted octanol–water partition coefficient (Wildman–Crippen LogP) is -0.451. The van der Waals surface area contributed by atoms with Gasteiger partial charge in [-0.2, -0.15) is 13.9 Å². The Hall–Kier alpha value is -2.14. The van der Waals surface area contributed by atoms with Gasteiger partial charge in [-0.15, -0.1) is 0 Å². The number of hydrogen-bond acceptors (Lipinski definition) is 6. The van der Waals surface area contributed by atoms with Crippen molar-refractivity contribution in [2.24, 2.45) is 0 Å². The van der Waals surface area contributed by atoms with Crippen LogP contribution in [0.4, 0.5) is 0 Å². The molecule has 0 atom stereocenters. The van der Waals surface area contributed by atoms with E-state index in [1.54, 1.807) is 41.6 Å². The van der Waals surface area contributed by atoms with Crippen molar-refractivity contribution in [3.8, 4) is 0 Å². The molecule has 0 saturated carbocycles. The van der Waals surface area contributed by atoms with Gasteiger partial charge in [-0.1, -0.05) is 29.5 Å². The molecule has 1 fully saturated rings. The van der Waals surface area contributed by atoms with Gasteiger partial charge in [0, 0.05) is 11.8 Å². The van der Waals surface area contributed by atoms with E-state index in [4.69, 9.17) is 0 Å². The summed E-state index contributed by atoms with van der Waals surface area (Å²) in [5.74, 6) is 0. The van der Waals surface area contributed by atoms with Gasteiger partial charge < -0.3 is 4.90 Å². The number of piperazine rings is 1. The van der Waals surface area contributed by atoms with E-state index in [1.165, 1.54) is 26.8 Å². The lowest BCUT2D eigenvalue weighted by Gasteiger charge is -2.31. The Labute approximate surface area is 160 Å². The molecule has 4 rings (SSSR count). The molecule has 0 radical (unpaired) electrons. The van der Waals surface area contributed by atoms with Crippen molar-refractivity contribution in [2.75, 3.05) is 26.2 Å². The second-order valence-corrected chi connectivity index (χ2v) is 9.55. The van der Waals surface area contributed by atoms with E-state index in [1.807, 2.05) is 0 Å². The molecule has 0 spiro atoms. The maximum absolute atomic E-state index is 12.7. The van der Waals surface area contributed by atoms with Crippen molar-refractivity contribution in [3.05, 3.63) is 57.5 Å². The second-order valence-electron chi connectivity index (χ2n) is 6.57. The highest BCUT2D eigenvalue weighted by molar-refractivity contribution is 7.89. The number of hydrogen-bond donors (Lipinski definition) is 1. The number of quaternary nitrogens is 1. The number of nitrogens with zero attached hydrogens (tertiary/aromatic N) is 4. The highest BCUT2D eigenvalue weighted by Gasteiger charge is 2.30. The van der Waals surface area contributed by atoms with Crippen LogP contribution >= 0.6 is 11.3 Å². The Bertz CT molecular complexity index is 1120. The number of nitrogens with one attached hydrogen (secondary N) is 1. The van der Waals surface area contributed by atoms with Crippen LogP contribution in [0.5, 0.6) is 0 Å². The van der Waals surface area contributed by atoms with Crippen LogP contribution in [-0.2, 0) is 16.6 Å². The third kappa shape index (κ3) is 3.65. The number of sulfonamides is 1. The third-order valence-corrected chi connectivity index (χ3v) is 7.45. The third-order valence-electron chi connectivity index (χ3n) is 4.63. The van der Waals surface area contributed by atoms with Crippen molar-refractivity contribution >= 4 is 26.3 Å². The van der Waals surface area contributed by atoms with Crippen LogP contribution in [0.3, 0.4) is 0 Å². The van der Waals surface area contributed by atoms with Crippen LogP contribution in [0.25, 0.3) is 4.96 Å². The van der Waals surface area contributed by atoms with Gasteiger partial charge in [0.2, 0.25) is 15.0 Å². The fourth-order valence-electron chi connectivity index (χ4n) is 3.21. The van der Waals surface area contributed by atoms with E-state index < -0.39 is 10.0 Å². The molecule has 1 aliphatic heterocycles. The Kier molecular flexibility index (Phi) is 4.81. The lowest BCUT2D eigenvalue weighted by atomic mass is 10.3. The minimum Gasteiger partial charge on any atom is -0.327 e. The summed E-state index contributed by atoms with van der Waals surface area (Å²) in [4.78, 5) is 18.5. The van der Waals surface area contributed by atoms with Gasteiger partial charge in [-0.05, 0) is 19.1 Å². The molecule has 0 amide bonds. The molecule has 0 aliphatic carbocycles. The van der Waals surface area contributed by atoms with E-state index in [2.05, 4.69) is 10.1 Å². The highest BCUT2D eigenvalue weighted by atomic mass is 32.2. The SMILES string of the molecule is Cc1cc(=O)n2nc(C[NH+]3CCN(S(=O)(=O)c4ccccc4)CC3)sc2n1. The van der Waals surface area contributed by atoms with Crippen molar-refractivity contribution in [1.82, 2.24) is 18.9 Å². The van der Waals surface area contributed by atoms with Crippen LogP contribution in [0.15, 0.2) is 46.1 Å². The standard InChI is InChI=1S/C17H19N5O3S2/c1-13-11-16(23)22-17(18-13)26-15(19-22)12-20-7-9-21(10-8-20)27(24,25)14-5-3-2-4-6-14/h2-6,11H,7-10,12H2,1H3/p+1. The normalized spacial score (nSPS) is 16.8. The summed E-state index contributed by atoms with van der Waals surface area (Å²) >= 11 is 1.41. The van der Waals surface area contributed by atoms with Gasteiger partial charge in [0.05, 0.1) is 31.1 Å². The summed E-state index contributed by atoms with van der Waals surface area (Å²) in [5, 5.41) is 5.20. The summed E-state index contributed by atoms with van der Waals surface area (Å²) in [5.41, 5.74) is 0.510. The van der Waals surface area contributed by atoms with Crippen LogP contribution in [0.1, 0.15) is 10.7 Å². The number of benzene rings is 1. The second kappa shape index (κ2) is 7.12. The van der Waals surface area contributed by atoms with E-state index in [0.717, 1.165) is 5.01 Å². The molecule has 8 nitrogen and oxygen atoms in total. The minimum atomic E-state index is -3.44. The molecule has 1 saturated heterocycles. The Balaban J connectivity index is 1.44. The smallest absolute Gasteiger partial charge is 0.275 e. The van der Waals surface area contributed by atoms with Crippen LogP contribution in [0, 0.1) is 6.92 Å². The molecule has 3 aromatic rings. The lowest BCUT2D eigenvalue weighted by Crippen LogP contribution is -3.13. The molecule has 142 valence electrons. The maximum atomic E-state index is 12.7. The average molecular weight is 407 g/mol. The first kappa shape index (κ1) is 18.2. The first-order valence-electron chi connectivity index (χ1n) is 8.69. The van der Waals surface area contributed by atoms with Crippen molar-refractivity contribution < 1.29 is 13.3 Å². The zero-order chi connectivity index (χ0) is 19.0. The number of rotatable bonds is 4. The van der Waals surface area contributed by atoms with Crippen molar-refractivity contribution in [3.63, 3.8) is 0 Å². The van der Waals surface area contributed by atoms with E-state index >= 15 is 0 Å². The number of fused-ring (bicyclic) bond motifs is 1. The zero-order valence-corrected chi connectivity index (χ0v) is 16.5. The predicted molar refractivity (Wildman–Crippen MR) is 101 cm³/mol. The molecular formula is C17H20N5O3S2+. The summed E-state index contributed by atoms with van der Waals surface area (Å²) in [6.45, 7) is 4.78. The fourth-order valence-corrected chi connectivity index (χ4v) is 5.69. The summed E-state index contributed by atoms with van der Waals surface area (Å²) in [6, 6.07) is 10.0. The van der Waals surface area contributed by atoms with Gasteiger partial charge in [0.25, 0.3) is 5.56 Å². The topological polar surface area (TPSA) is 89.1 Å². The first-order chi connectivity index (χ1) is 12.9. The molecule has 1 aliphatic rings. The monoisotopic (exact) mass is 406 g/mol. The molecule has 1 aromatic carbocycles. The van der Waals surface area contributed by atoms with E-state index in [-0.39, 0.29) is 5.56 Å². The molecule has 0 bridgehead atoms. The molecule has 2 aromatic heterocycles. The quantitative estimate of drug-likeness (QED) is 0.634. The van der Waals surface area contributed by atoms with Crippen LogP contribution in [-0.4, -0.2) is 53.5 Å². The zero-order valence-electron chi connectivity index (χ0n) is 14.8.